The zero-order chi connectivity index (χ0) is 20.2. The number of fused-ring (bicyclic) bond motifs is 1. The number of aromatic amines is 1. The molecule has 0 saturated carbocycles. The molecule has 0 atom stereocenters. The summed E-state index contributed by atoms with van der Waals surface area (Å²) < 4.78 is 13.1. The number of hydrogen-bond donors (Lipinski definition) is 2. The average Bonchev–Trinajstić information content (AvgIpc) is 3.16. The van der Waals surface area contributed by atoms with E-state index in [-0.39, 0.29) is 11.7 Å². The molecule has 3 heterocycles. The van der Waals surface area contributed by atoms with Crippen LogP contribution >= 0.6 is 0 Å². The molecule has 4 rings (SSSR count). The molecule has 3 aromatic rings. The summed E-state index contributed by atoms with van der Waals surface area (Å²) in [6.45, 7) is 5.67. The van der Waals surface area contributed by atoms with Crippen LogP contribution in [-0.2, 0) is 0 Å². The lowest BCUT2D eigenvalue weighted by Gasteiger charge is -2.31. The molecule has 29 heavy (non-hydrogen) atoms. The molecule has 5 nitrogen and oxygen atoms in total. The first kappa shape index (κ1) is 19.6. The first-order valence-corrected chi connectivity index (χ1v) is 10.4. The van der Waals surface area contributed by atoms with Gasteiger partial charge in [0.25, 0.3) is 5.91 Å². The highest BCUT2D eigenvalue weighted by atomic mass is 19.1. The van der Waals surface area contributed by atoms with Crippen molar-refractivity contribution in [2.45, 2.75) is 38.5 Å². The minimum atomic E-state index is -0.362. The fraction of sp³-hybridized carbons (Fsp3) is 0.391. The number of nitrogens with one attached hydrogen (secondary N) is 2. The molecule has 0 bridgehead atoms. The molecule has 0 aliphatic carbocycles. The number of hydrogen-bond acceptors (Lipinski definition) is 3. The Labute approximate surface area is 170 Å². The smallest absolute Gasteiger partial charge is 0.256 e. The maximum absolute atomic E-state index is 13.1. The Kier molecular flexibility index (Phi) is 5.90. The molecule has 1 aliphatic rings. The number of likely N-dealkylation sites (tertiary alicyclic amines) is 1. The number of halogens is 1. The van der Waals surface area contributed by atoms with Gasteiger partial charge in [0.05, 0.1) is 11.0 Å². The third-order valence-corrected chi connectivity index (χ3v) is 5.76. The normalized spacial score (nSPS) is 15.7. The van der Waals surface area contributed by atoms with Gasteiger partial charge in [-0.05, 0) is 86.8 Å². The van der Waals surface area contributed by atoms with Gasteiger partial charge in [-0.25, -0.2) is 9.37 Å². The van der Waals surface area contributed by atoms with Gasteiger partial charge in [0.15, 0.2) is 0 Å². The number of pyridine rings is 1. The summed E-state index contributed by atoms with van der Waals surface area (Å²) in [5, 5.41) is 2.83. The summed E-state index contributed by atoms with van der Waals surface area (Å²) in [7, 11) is 0. The second kappa shape index (κ2) is 8.74. The van der Waals surface area contributed by atoms with Gasteiger partial charge >= 0.3 is 0 Å². The minimum Gasteiger partial charge on any atom is -0.360 e. The van der Waals surface area contributed by atoms with E-state index in [1.165, 1.54) is 49.2 Å². The summed E-state index contributed by atoms with van der Waals surface area (Å²) in [6, 6.07) is 9.24. The van der Waals surface area contributed by atoms with Gasteiger partial charge in [-0.2, -0.15) is 0 Å². The Morgan fingerprint density at radius 1 is 1.21 bits per heavy atom. The molecule has 1 amide bonds. The largest absolute Gasteiger partial charge is 0.360 e. The van der Waals surface area contributed by atoms with E-state index in [2.05, 4.69) is 28.3 Å². The molecule has 2 aromatic heterocycles. The number of unbranched alkanes of at least 4 members (excludes halogenated alkanes) is 1. The molecule has 1 aliphatic heterocycles. The first-order valence-electron chi connectivity index (χ1n) is 10.4. The van der Waals surface area contributed by atoms with E-state index in [4.69, 9.17) is 4.98 Å². The number of anilines is 1. The van der Waals surface area contributed by atoms with Crippen LogP contribution in [0.1, 0.15) is 54.4 Å². The highest BCUT2D eigenvalue weighted by molar-refractivity contribution is 6.04. The summed E-state index contributed by atoms with van der Waals surface area (Å²) in [6.07, 6.45) is 6.82. The van der Waals surface area contributed by atoms with Crippen LogP contribution in [0.25, 0.3) is 11.0 Å². The highest BCUT2D eigenvalue weighted by Gasteiger charge is 2.23. The Bertz CT molecular complexity index is 974. The third kappa shape index (κ3) is 4.48. The predicted molar refractivity (Wildman–Crippen MR) is 114 cm³/mol. The number of H-pyrrole nitrogens is 1. The van der Waals surface area contributed by atoms with Gasteiger partial charge < -0.3 is 15.2 Å². The van der Waals surface area contributed by atoms with Crippen LogP contribution in [0, 0.1) is 5.82 Å². The van der Waals surface area contributed by atoms with Gasteiger partial charge in [0.2, 0.25) is 0 Å². The van der Waals surface area contributed by atoms with Crippen LogP contribution in [0.3, 0.4) is 0 Å². The van der Waals surface area contributed by atoms with E-state index in [0.29, 0.717) is 17.3 Å². The lowest BCUT2D eigenvalue weighted by atomic mass is 9.90. The number of nitrogens with zero attached hydrogens (tertiary/aromatic N) is 2. The number of amides is 1. The fourth-order valence-corrected chi connectivity index (χ4v) is 4.04. The standard InChI is InChI=1S/C23H27FN4O/c1-2-3-12-28-13-10-16(11-14-28)19-15-25-20-8-9-21(26-22(19)20)27-23(29)17-4-6-18(24)7-5-17/h4-9,15-16,25H,2-3,10-14H2,1H3,(H,26,27,29). The number of benzene rings is 1. The number of piperidine rings is 1. The minimum absolute atomic E-state index is 0.293. The van der Waals surface area contributed by atoms with Crippen molar-refractivity contribution in [1.29, 1.82) is 0 Å². The molecule has 6 heteroatoms. The van der Waals surface area contributed by atoms with E-state index < -0.39 is 0 Å². The second-order valence-corrected chi connectivity index (χ2v) is 7.77. The van der Waals surface area contributed by atoms with Crippen LogP contribution in [0.4, 0.5) is 10.2 Å². The number of carbonyl (C=O) groups excluding carboxylic acids is 1. The number of carbonyl (C=O) groups is 1. The predicted octanol–water partition coefficient (Wildman–Crippen LogP) is 4.93. The van der Waals surface area contributed by atoms with E-state index in [1.807, 2.05) is 6.07 Å². The highest BCUT2D eigenvalue weighted by Crippen LogP contribution is 2.33. The van der Waals surface area contributed by atoms with Crippen molar-refractivity contribution in [1.82, 2.24) is 14.9 Å². The Morgan fingerprint density at radius 2 is 1.97 bits per heavy atom. The van der Waals surface area contributed by atoms with Crippen LogP contribution in [-0.4, -0.2) is 40.4 Å². The van der Waals surface area contributed by atoms with Crippen LogP contribution in [0.2, 0.25) is 0 Å². The van der Waals surface area contributed by atoms with E-state index in [1.54, 1.807) is 6.07 Å². The van der Waals surface area contributed by atoms with Crippen LogP contribution < -0.4 is 5.32 Å². The summed E-state index contributed by atoms with van der Waals surface area (Å²) in [5.74, 6) is 0.335. The van der Waals surface area contributed by atoms with Crippen molar-refractivity contribution in [3.63, 3.8) is 0 Å². The van der Waals surface area contributed by atoms with Gasteiger partial charge in [-0.15, -0.1) is 0 Å². The van der Waals surface area contributed by atoms with Crippen molar-refractivity contribution in [2.75, 3.05) is 25.0 Å². The maximum atomic E-state index is 13.1. The summed E-state index contributed by atoms with van der Waals surface area (Å²) in [4.78, 5) is 23.0. The monoisotopic (exact) mass is 394 g/mol. The quantitative estimate of drug-likeness (QED) is 0.623. The fourth-order valence-electron chi connectivity index (χ4n) is 4.04. The molecule has 0 spiro atoms. The molecule has 1 saturated heterocycles. The second-order valence-electron chi connectivity index (χ2n) is 7.77. The van der Waals surface area contributed by atoms with Gasteiger partial charge in [-0.3, -0.25) is 4.79 Å². The molecular weight excluding hydrogens is 367 g/mol. The molecule has 1 aromatic carbocycles. The average molecular weight is 394 g/mol. The Balaban J connectivity index is 1.48. The van der Waals surface area contributed by atoms with E-state index >= 15 is 0 Å². The summed E-state index contributed by atoms with van der Waals surface area (Å²) in [5.41, 5.74) is 3.54. The van der Waals surface area contributed by atoms with Crippen molar-refractivity contribution in [3.05, 3.63) is 59.5 Å². The van der Waals surface area contributed by atoms with Gasteiger partial charge in [0, 0.05) is 11.8 Å². The van der Waals surface area contributed by atoms with E-state index in [9.17, 15) is 9.18 Å². The lowest BCUT2D eigenvalue weighted by Crippen LogP contribution is -2.33. The zero-order valence-electron chi connectivity index (χ0n) is 16.7. The van der Waals surface area contributed by atoms with Gasteiger partial charge in [0.1, 0.15) is 11.6 Å². The Morgan fingerprint density at radius 3 is 2.69 bits per heavy atom. The number of rotatable bonds is 6. The van der Waals surface area contributed by atoms with Crippen molar-refractivity contribution in [3.8, 4) is 0 Å². The zero-order valence-corrected chi connectivity index (χ0v) is 16.7. The molecule has 1 fully saturated rings. The molecule has 0 radical (unpaired) electrons. The molecule has 0 unspecified atom stereocenters. The SMILES string of the molecule is CCCCN1CCC(c2c[nH]c3ccc(NC(=O)c4ccc(F)cc4)nc23)CC1. The third-order valence-electron chi connectivity index (χ3n) is 5.76. The lowest BCUT2D eigenvalue weighted by molar-refractivity contribution is 0.102. The van der Waals surface area contributed by atoms with Crippen LogP contribution in [0.15, 0.2) is 42.6 Å². The van der Waals surface area contributed by atoms with Crippen molar-refractivity contribution >= 4 is 22.8 Å². The van der Waals surface area contributed by atoms with Crippen molar-refractivity contribution < 1.29 is 9.18 Å². The van der Waals surface area contributed by atoms with E-state index in [0.717, 1.165) is 37.0 Å². The molecule has 2 N–H and O–H groups in total. The summed E-state index contributed by atoms with van der Waals surface area (Å²) >= 11 is 0. The maximum Gasteiger partial charge on any atom is 0.256 e. The topological polar surface area (TPSA) is 61.0 Å². The Hall–Kier alpha value is -2.73. The van der Waals surface area contributed by atoms with Crippen molar-refractivity contribution in [2.24, 2.45) is 0 Å². The van der Waals surface area contributed by atoms with Crippen LogP contribution in [0.5, 0.6) is 0 Å². The number of aromatic nitrogens is 2. The first-order chi connectivity index (χ1) is 14.1. The molecular formula is C23H27FN4O. The molecule has 152 valence electrons. The van der Waals surface area contributed by atoms with Gasteiger partial charge in [-0.1, -0.05) is 13.3 Å².